The zero-order valence-electron chi connectivity index (χ0n) is 19.9. The summed E-state index contributed by atoms with van der Waals surface area (Å²) in [4.78, 5) is 17.2. The van der Waals surface area contributed by atoms with Crippen LogP contribution in [0.2, 0.25) is 0 Å². The van der Waals surface area contributed by atoms with Crippen LogP contribution in [0.5, 0.6) is 5.75 Å². The van der Waals surface area contributed by atoms with E-state index in [0.29, 0.717) is 11.0 Å². The van der Waals surface area contributed by atoms with Gasteiger partial charge >= 0.3 is 0 Å². The lowest BCUT2D eigenvalue weighted by molar-refractivity contribution is -0.115. The van der Waals surface area contributed by atoms with Crippen LogP contribution in [0, 0.1) is 20.8 Å². The van der Waals surface area contributed by atoms with E-state index < -0.39 is 5.25 Å². The predicted molar refractivity (Wildman–Crippen MR) is 136 cm³/mol. The smallest absolute Gasteiger partial charge is 0.237 e. The minimum absolute atomic E-state index is 0.0882. The molecule has 0 spiro atoms. The van der Waals surface area contributed by atoms with Gasteiger partial charge in [-0.25, -0.2) is 0 Å². The Morgan fingerprint density at radius 2 is 1.65 bits per heavy atom. The molecule has 1 amide bonds. The fourth-order valence-electron chi connectivity index (χ4n) is 3.81. The van der Waals surface area contributed by atoms with Crippen molar-refractivity contribution in [1.29, 1.82) is 0 Å². The summed E-state index contributed by atoms with van der Waals surface area (Å²) in [6.07, 6.45) is 3.44. The van der Waals surface area contributed by atoms with E-state index in [1.54, 1.807) is 19.5 Å². The van der Waals surface area contributed by atoms with Crippen LogP contribution in [0.1, 0.15) is 23.6 Å². The normalized spacial score (nSPS) is 11.8. The quantitative estimate of drug-likeness (QED) is 0.363. The van der Waals surface area contributed by atoms with Crippen LogP contribution in [0.3, 0.4) is 0 Å². The number of nitrogens with one attached hydrogen (secondary N) is 1. The molecule has 0 fully saturated rings. The van der Waals surface area contributed by atoms with Crippen LogP contribution >= 0.6 is 11.8 Å². The van der Waals surface area contributed by atoms with Crippen LogP contribution in [-0.2, 0) is 4.79 Å². The van der Waals surface area contributed by atoms with E-state index in [0.717, 1.165) is 33.8 Å². The van der Waals surface area contributed by atoms with Crippen molar-refractivity contribution in [1.82, 2.24) is 19.7 Å². The van der Waals surface area contributed by atoms with Crippen LogP contribution in [-0.4, -0.2) is 38.0 Å². The third kappa shape index (κ3) is 4.97. The number of carbonyl (C=O) groups excluding carboxylic acids is 1. The van der Waals surface area contributed by atoms with Crippen LogP contribution in [0.25, 0.3) is 17.1 Å². The van der Waals surface area contributed by atoms with Gasteiger partial charge < -0.3 is 10.1 Å². The minimum atomic E-state index is -0.397. The monoisotopic (exact) mass is 473 g/mol. The maximum atomic E-state index is 13.1. The van der Waals surface area contributed by atoms with Crippen molar-refractivity contribution in [3.8, 4) is 22.8 Å². The Balaban J connectivity index is 1.65. The Morgan fingerprint density at radius 3 is 2.26 bits per heavy atom. The summed E-state index contributed by atoms with van der Waals surface area (Å²) < 4.78 is 7.25. The van der Waals surface area contributed by atoms with Crippen molar-refractivity contribution in [2.45, 2.75) is 38.1 Å². The molecule has 2 aromatic carbocycles. The number of pyridine rings is 1. The molecule has 1 unspecified atom stereocenters. The molecular formula is C26H27N5O2S. The number of nitrogens with zero attached hydrogens (tertiary/aromatic N) is 4. The summed E-state index contributed by atoms with van der Waals surface area (Å²) in [6, 6.07) is 15.6. The van der Waals surface area contributed by atoms with Crippen molar-refractivity contribution in [3.63, 3.8) is 0 Å². The fourth-order valence-corrected chi connectivity index (χ4v) is 4.68. The van der Waals surface area contributed by atoms with Gasteiger partial charge in [0, 0.05) is 29.3 Å². The third-order valence-electron chi connectivity index (χ3n) is 5.48. The standard InChI is InChI=1S/C26H27N5O2S/c1-16-14-17(2)23(18(3)15-16)28-25(32)19(4)34-26-30-29-24(20-10-12-27-13-11-20)31(26)21-6-8-22(33-5)9-7-21/h6-15,19H,1-5H3,(H,28,32). The van der Waals surface area contributed by atoms with Gasteiger partial charge in [-0.1, -0.05) is 29.5 Å². The van der Waals surface area contributed by atoms with E-state index in [-0.39, 0.29) is 5.91 Å². The average Bonchev–Trinajstić information content (AvgIpc) is 3.25. The average molecular weight is 474 g/mol. The molecule has 2 heterocycles. The summed E-state index contributed by atoms with van der Waals surface area (Å²) in [5, 5.41) is 12.2. The maximum absolute atomic E-state index is 13.1. The molecule has 4 aromatic rings. The molecule has 2 aromatic heterocycles. The first-order chi connectivity index (χ1) is 16.4. The Hall–Kier alpha value is -3.65. The highest BCUT2D eigenvalue weighted by molar-refractivity contribution is 8.00. The Labute approximate surface area is 203 Å². The number of aromatic nitrogens is 4. The molecule has 0 aliphatic rings. The molecule has 7 nitrogen and oxygen atoms in total. The predicted octanol–water partition coefficient (Wildman–Crippen LogP) is 5.38. The largest absolute Gasteiger partial charge is 0.497 e. The topological polar surface area (TPSA) is 81.9 Å². The molecule has 1 atom stereocenters. The molecule has 0 aliphatic heterocycles. The van der Waals surface area contributed by atoms with E-state index in [9.17, 15) is 4.79 Å². The SMILES string of the molecule is COc1ccc(-n2c(SC(C)C(=O)Nc3c(C)cc(C)cc3C)nnc2-c2ccncc2)cc1. The van der Waals surface area contributed by atoms with Crippen molar-refractivity contribution < 1.29 is 9.53 Å². The summed E-state index contributed by atoms with van der Waals surface area (Å²) in [7, 11) is 1.63. The highest BCUT2D eigenvalue weighted by Crippen LogP contribution is 2.31. The van der Waals surface area contributed by atoms with Gasteiger partial charge in [0.05, 0.1) is 12.4 Å². The van der Waals surface area contributed by atoms with Gasteiger partial charge in [0.1, 0.15) is 5.75 Å². The van der Waals surface area contributed by atoms with Gasteiger partial charge in [0.25, 0.3) is 0 Å². The molecule has 4 rings (SSSR count). The Kier molecular flexibility index (Phi) is 6.98. The number of methoxy groups -OCH3 is 1. The zero-order chi connectivity index (χ0) is 24.2. The number of benzene rings is 2. The van der Waals surface area contributed by atoms with Crippen molar-refractivity contribution in [2.24, 2.45) is 0 Å². The molecular weight excluding hydrogens is 446 g/mol. The number of thioether (sulfide) groups is 1. The zero-order valence-corrected chi connectivity index (χ0v) is 20.7. The second-order valence-corrected chi connectivity index (χ2v) is 9.41. The number of aryl methyl sites for hydroxylation is 3. The van der Waals surface area contributed by atoms with E-state index in [1.807, 2.05) is 61.7 Å². The number of rotatable bonds is 7. The van der Waals surface area contributed by atoms with Crippen molar-refractivity contribution >= 4 is 23.4 Å². The number of carbonyl (C=O) groups is 1. The molecule has 0 saturated heterocycles. The first-order valence-corrected chi connectivity index (χ1v) is 11.8. The first kappa shape index (κ1) is 23.5. The highest BCUT2D eigenvalue weighted by Gasteiger charge is 2.23. The molecule has 174 valence electrons. The van der Waals surface area contributed by atoms with Gasteiger partial charge in [-0.15, -0.1) is 10.2 Å². The third-order valence-corrected chi connectivity index (χ3v) is 6.52. The van der Waals surface area contributed by atoms with Crippen LogP contribution in [0.15, 0.2) is 66.1 Å². The lowest BCUT2D eigenvalue weighted by Crippen LogP contribution is -2.24. The summed E-state index contributed by atoms with van der Waals surface area (Å²) in [5.41, 5.74) is 5.88. The van der Waals surface area contributed by atoms with Gasteiger partial charge in [-0.3, -0.25) is 14.3 Å². The maximum Gasteiger partial charge on any atom is 0.237 e. The number of anilines is 1. The molecule has 0 saturated carbocycles. The lowest BCUT2D eigenvalue weighted by atomic mass is 10.1. The van der Waals surface area contributed by atoms with Crippen molar-refractivity contribution in [2.75, 3.05) is 12.4 Å². The van der Waals surface area contributed by atoms with Gasteiger partial charge in [-0.2, -0.15) is 0 Å². The van der Waals surface area contributed by atoms with E-state index in [4.69, 9.17) is 4.74 Å². The fraction of sp³-hybridized carbons (Fsp3) is 0.231. The highest BCUT2D eigenvalue weighted by atomic mass is 32.2. The van der Waals surface area contributed by atoms with E-state index >= 15 is 0 Å². The number of hydrogen-bond donors (Lipinski definition) is 1. The molecule has 0 radical (unpaired) electrons. The second-order valence-electron chi connectivity index (χ2n) is 8.10. The van der Waals surface area contributed by atoms with Crippen LogP contribution < -0.4 is 10.1 Å². The Bertz CT molecular complexity index is 1280. The molecule has 0 aliphatic carbocycles. The van der Waals surface area contributed by atoms with Gasteiger partial charge in [0.15, 0.2) is 11.0 Å². The molecule has 34 heavy (non-hydrogen) atoms. The van der Waals surface area contributed by atoms with E-state index in [2.05, 4.69) is 39.6 Å². The molecule has 8 heteroatoms. The molecule has 0 bridgehead atoms. The lowest BCUT2D eigenvalue weighted by Gasteiger charge is -2.17. The molecule has 1 N–H and O–H groups in total. The van der Waals surface area contributed by atoms with Crippen LogP contribution in [0.4, 0.5) is 5.69 Å². The number of ether oxygens (including phenoxy) is 1. The summed E-state index contributed by atoms with van der Waals surface area (Å²) in [5.74, 6) is 1.34. The number of hydrogen-bond acceptors (Lipinski definition) is 6. The van der Waals surface area contributed by atoms with Crippen molar-refractivity contribution in [3.05, 3.63) is 77.6 Å². The Morgan fingerprint density at radius 1 is 1.00 bits per heavy atom. The van der Waals surface area contributed by atoms with Gasteiger partial charge in [-0.05, 0) is 75.2 Å². The van der Waals surface area contributed by atoms with Gasteiger partial charge in [0.2, 0.25) is 5.91 Å². The summed E-state index contributed by atoms with van der Waals surface area (Å²) in [6.45, 7) is 7.94. The number of amides is 1. The first-order valence-electron chi connectivity index (χ1n) is 10.9. The minimum Gasteiger partial charge on any atom is -0.497 e. The summed E-state index contributed by atoms with van der Waals surface area (Å²) >= 11 is 1.36. The van der Waals surface area contributed by atoms with E-state index in [1.165, 1.54) is 17.3 Å². The second kappa shape index (κ2) is 10.1.